The van der Waals surface area contributed by atoms with Crippen LogP contribution in [0.5, 0.6) is 0 Å². The predicted molar refractivity (Wildman–Crippen MR) is 93.0 cm³/mol. The molecular formula is C20H19NO3. The summed E-state index contributed by atoms with van der Waals surface area (Å²) in [5.41, 5.74) is 3.31. The number of carbonyl (C=O) groups is 2. The normalized spacial score (nSPS) is 12.1. The van der Waals surface area contributed by atoms with Crippen LogP contribution in [0.25, 0.3) is 10.9 Å². The lowest BCUT2D eigenvalue weighted by atomic mass is 9.98. The van der Waals surface area contributed by atoms with Crippen LogP contribution in [0.4, 0.5) is 0 Å². The van der Waals surface area contributed by atoms with E-state index < -0.39 is 12.1 Å². The van der Waals surface area contributed by atoms with Gasteiger partial charge in [0.1, 0.15) is 0 Å². The lowest BCUT2D eigenvalue weighted by Gasteiger charge is -2.16. The third-order valence-corrected chi connectivity index (χ3v) is 4.07. The number of aromatic nitrogens is 1. The number of rotatable bonds is 5. The first-order chi connectivity index (χ1) is 11.6. The van der Waals surface area contributed by atoms with Crippen molar-refractivity contribution in [3.8, 4) is 0 Å². The van der Waals surface area contributed by atoms with E-state index in [1.54, 1.807) is 18.3 Å². The predicted octanol–water partition coefficient (Wildman–Crippen LogP) is 4.22. The summed E-state index contributed by atoms with van der Waals surface area (Å²) in [5, 5.41) is 0.854. The van der Waals surface area contributed by atoms with Crippen molar-refractivity contribution in [2.45, 2.75) is 26.4 Å². The molecule has 2 aromatic carbocycles. The molecule has 24 heavy (non-hydrogen) atoms. The van der Waals surface area contributed by atoms with E-state index in [9.17, 15) is 9.59 Å². The van der Waals surface area contributed by atoms with Crippen LogP contribution in [0.15, 0.2) is 54.7 Å². The minimum absolute atomic E-state index is 0.226. The molecule has 1 N–H and O–H groups in total. The number of ether oxygens (including phenoxy) is 1. The first-order valence-electron chi connectivity index (χ1n) is 7.97. The Kier molecular flexibility index (Phi) is 4.47. The topological polar surface area (TPSA) is 59.2 Å². The zero-order chi connectivity index (χ0) is 17.1. The Balaban J connectivity index is 2.06. The zero-order valence-electron chi connectivity index (χ0n) is 13.7. The molecule has 0 unspecified atom stereocenters. The molecule has 0 radical (unpaired) electrons. The zero-order valence-corrected chi connectivity index (χ0v) is 13.7. The Bertz CT molecular complexity index is 880. The number of fused-ring (bicyclic) bond motifs is 1. The Labute approximate surface area is 140 Å². The van der Waals surface area contributed by atoms with E-state index in [1.807, 2.05) is 36.4 Å². The van der Waals surface area contributed by atoms with E-state index in [4.69, 9.17) is 4.74 Å². The Morgan fingerprint density at radius 2 is 1.83 bits per heavy atom. The highest BCUT2D eigenvalue weighted by atomic mass is 16.5. The molecule has 0 saturated carbocycles. The molecule has 3 aromatic rings. The van der Waals surface area contributed by atoms with Gasteiger partial charge in [-0.05, 0) is 12.0 Å². The quantitative estimate of drug-likeness (QED) is 0.565. The number of Topliss-reactive ketones (excluding diaryl/α,β-unsaturated/α-hetero) is 1. The first-order valence-corrected chi connectivity index (χ1v) is 7.97. The van der Waals surface area contributed by atoms with Crippen LogP contribution in [0, 0.1) is 0 Å². The second-order valence-electron chi connectivity index (χ2n) is 5.66. The summed E-state index contributed by atoms with van der Waals surface area (Å²) in [6.45, 7) is 3.39. The molecule has 1 aromatic heterocycles. The largest absolute Gasteiger partial charge is 0.449 e. The molecule has 0 aliphatic heterocycles. The number of nitrogens with one attached hydrogen (secondary N) is 1. The number of para-hydroxylation sites is 1. The number of carbonyl (C=O) groups excluding carboxylic acids is 2. The molecule has 0 aliphatic rings. The fourth-order valence-corrected chi connectivity index (χ4v) is 2.92. The second-order valence-corrected chi connectivity index (χ2v) is 5.66. The molecule has 0 saturated heterocycles. The number of esters is 1. The molecule has 3 rings (SSSR count). The van der Waals surface area contributed by atoms with Crippen LogP contribution in [-0.4, -0.2) is 16.7 Å². The maximum atomic E-state index is 13.1. The molecule has 4 heteroatoms. The number of ketones is 1. The lowest BCUT2D eigenvalue weighted by Crippen LogP contribution is -2.18. The third kappa shape index (κ3) is 2.95. The van der Waals surface area contributed by atoms with Crippen LogP contribution in [0.3, 0.4) is 0 Å². The molecule has 1 heterocycles. The van der Waals surface area contributed by atoms with Crippen molar-refractivity contribution in [1.82, 2.24) is 4.98 Å². The van der Waals surface area contributed by atoms with Crippen molar-refractivity contribution < 1.29 is 14.3 Å². The fraction of sp³-hybridized carbons (Fsp3) is 0.200. The van der Waals surface area contributed by atoms with Crippen LogP contribution in [-0.2, 0) is 16.0 Å². The van der Waals surface area contributed by atoms with Crippen molar-refractivity contribution in [2.24, 2.45) is 0 Å². The number of aromatic amines is 1. The Morgan fingerprint density at radius 3 is 2.50 bits per heavy atom. The number of aryl methyl sites for hydroxylation is 1. The van der Waals surface area contributed by atoms with Gasteiger partial charge in [0.25, 0.3) is 0 Å². The molecular weight excluding hydrogens is 302 g/mol. The van der Waals surface area contributed by atoms with Gasteiger partial charge in [-0.25, -0.2) is 0 Å². The van der Waals surface area contributed by atoms with Crippen LogP contribution in [0.2, 0.25) is 0 Å². The van der Waals surface area contributed by atoms with Crippen molar-refractivity contribution in [3.63, 3.8) is 0 Å². The molecule has 122 valence electrons. The standard InChI is InChI=1S/C20H19NO3/c1-3-14-10-7-11-16-17(12-21-18(14)16)19(23)20(24-13(2)22)15-8-5-4-6-9-15/h4-12,20-21H,3H2,1-2H3/t20-/m1/s1. The fourth-order valence-electron chi connectivity index (χ4n) is 2.92. The van der Waals surface area contributed by atoms with Crippen molar-refractivity contribution >= 4 is 22.7 Å². The number of hydrogen-bond donors (Lipinski definition) is 1. The average molecular weight is 321 g/mol. The average Bonchev–Trinajstić information content (AvgIpc) is 3.03. The maximum Gasteiger partial charge on any atom is 0.303 e. The highest BCUT2D eigenvalue weighted by Crippen LogP contribution is 2.28. The van der Waals surface area contributed by atoms with Gasteiger partial charge in [-0.15, -0.1) is 0 Å². The lowest BCUT2D eigenvalue weighted by molar-refractivity contribution is -0.144. The van der Waals surface area contributed by atoms with Gasteiger partial charge in [-0.3, -0.25) is 9.59 Å². The summed E-state index contributed by atoms with van der Waals surface area (Å²) in [4.78, 5) is 27.7. The number of H-pyrrole nitrogens is 1. The van der Waals surface area contributed by atoms with E-state index in [0.717, 1.165) is 22.9 Å². The minimum Gasteiger partial charge on any atom is -0.449 e. The molecule has 0 amide bonds. The second kappa shape index (κ2) is 6.71. The smallest absolute Gasteiger partial charge is 0.303 e. The van der Waals surface area contributed by atoms with Crippen LogP contribution in [0.1, 0.15) is 41.4 Å². The van der Waals surface area contributed by atoms with Crippen molar-refractivity contribution in [3.05, 3.63) is 71.4 Å². The highest BCUT2D eigenvalue weighted by Gasteiger charge is 2.27. The summed E-state index contributed by atoms with van der Waals surface area (Å²) in [6, 6.07) is 15.0. The summed E-state index contributed by atoms with van der Waals surface area (Å²) in [5.74, 6) is -0.706. The van der Waals surface area contributed by atoms with E-state index in [0.29, 0.717) is 11.1 Å². The van der Waals surface area contributed by atoms with Crippen LogP contribution < -0.4 is 0 Å². The van der Waals surface area contributed by atoms with Gasteiger partial charge >= 0.3 is 5.97 Å². The Hall–Kier alpha value is -2.88. The van der Waals surface area contributed by atoms with Gasteiger partial charge in [0.05, 0.1) is 0 Å². The van der Waals surface area contributed by atoms with Crippen LogP contribution >= 0.6 is 0 Å². The van der Waals surface area contributed by atoms with Gasteiger partial charge in [0, 0.05) is 35.2 Å². The van der Waals surface area contributed by atoms with E-state index in [1.165, 1.54) is 6.92 Å². The molecule has 0 spiro atoms. The number of hydrogen-bond acceptors (Lipinski definition) is 3. The Morgan fingerprint density at radius 1 is 1.08 bits per heavy atom. The van der Waals surface area contributed by atoms with E-state index in [-0.39, 0.29) is 5.78 Å². The molecule has 0 bridgehead atoms. The summed E-state index contributed by atoms with van der Waals surface area (Å²) in [7, 11) is 0. The summed E-state index contributed by atoms with van der Waals surface area (Å²) < 4.78 is 5.33. The molecule has 0 aliphatic carbocycles. The summed E-state index contributed by atoms with van der Waals surface area (Å²) >= 11 is 0. The molecule has 4 nitrogen and oxygen atoms in total. The third-order valence-electron chi connectivity index (χ3n) is 4.07. The van der Waals surface area contributed by atoms with Crippen molar-refractivity contribution in [2.75, 3.05) is 0 Å². The van der Waals surface area contributed by atoms with Gasteiger partial charge in [0.15, 0.2) is 6.10 Å². The van der Waals surface area contributed by atoms with E-state index in [2.05, 4.69) is 11.9 Å². The summed E-state index contributed by atoms with van der Waals surface area (Å²) in [6.07, 6.45) is 1.64. The first kappa shape index (κ1) is 16.0. The van der Waals surface area contributed by atoms with Gasteiger partial charge in [-0.2, -0.15) is 0 Å². The van der Waals surface area contributed by atoms with Gasteiger partial charge in [0.2, 0.25) is 5.78 Å². The molecule has 0 fully saturated rings. The monoisotopic (exact) mass is 321 g/mol. The van der Waals surface area contributed by atoms with Gasteiger partial charge < -0.3 is 9.72 Å². The van der Waals surface area contributed by atoms with E-state index >= 15 is 0 Å². The molecule has 1 atom stereocenters. The highest BCUT2D eigenvalue weighted by molar-refractivity contribution is 6.11. The van der Waals surface area contributed by atoms with Gasteiger partial charge in [-0.1, -0.05) is 55.5 Å². The maximum absolute atomic E-state index is 13.1. The SMILES string of the molecule is CCc1cccc2c(C(=O)[C@H](OC(C)=O)c3ccccc3)c[nH]c12. The van der Waals surface area contributed by atoms with Crippen molar-refractivity contribution in [1.29, 1.82) is 0 Å². The number of benzene rings is 2. The minimum atomic E-state index is -0.937.